The van der Waals surface area contributed by atoms with Crippen molar-refractivity contribution in [2.75, 3.05) is 6.54 Å². The SMILES string of the molecule is O=C1[C@H](Cc2ccc(F)cc2)S/C(=N\N=C/c2ccccc2O)N1CCc1ccccc1. The molecule has 7 heteroatoms. The van der Waals surface area contributed by atoms with Gasteiger partial charge in [0.1, 0.15) is 11.6 Å². The van der Waals surface area contributed by atoms with E-state index in [2.05, 4.69) is 10.2 Å². The standard InChI is InChI=1S/C25H22FN3O2S/c26-21-12-10-19(11-13-21)16-23-24(31)29(15-14-18-6-2-1-3-7-18)25(32-23)28-27-17-20-8-4-5-9-22(20)30/h1-13,17,23,30H,14-16H2/b27-17-,28-25-/t23-/m0/s1. The smallest absolute Gasteiger partial charge is 0.242 e. The molecule has 1 fully saturated rings. The predicted molar refractivity (Wildman–Crippen MR) is 126 cm³/mol. The summed E-state index contributed by atoms with van der Waals surface area (Å²) in [5.74, 6) is -0.224. The van der Waals surface area contributed by atoms with Crippen LogP contribution in [0.5, 0.6) is 5.75 Å². The Bertz CT molecular complexity index is 1130. The summed E-state index contributed by atoms with van der Waals surface area (Å²) in [6, 6.07) is 23.0. The van der Waals surface area contributed by atoms with Crippen molar-refractivity contribution in [3.05, 3.63) is 101 Å². The quantitative estimate of drug-likeness (QED) is 0.424. The van der Waals surface area contributed by atoms with Crippen LogP contribution < -0.4 is 0 Å². The molecule has 1 aliphatic rings. The molecule has 0 unspecified atom stereocenters. The van der Waals surface area contributed by atoms with Crippen LogP contribution in [0.1, 0.15) is 16.7 Å². The highest BCUT2D eigenvalue weighted by molar-refractivity contribution is 8.15. The topological polar surface area (TPSA) is 65.3 Å². The van der Waals surface area contributed by atoms with Crippen LogP contribution in [0.2, 0.25) is 0 Å². The Kier molecular flexibility index (Phi) is 6.97. The zero-order chi connectivity index (χ0) is 22.3. The second-order valence-electron chi connectivity index (χ2n) is 7.35. The number of hydrogen-bond acceptors (Lipinski definition) is 5. The number of hydrogen-bond donors (Lipinski definition) is 1. The van der Waals surface area contributed by atoms with E-state index < -0.39 is 0 Å². The average Bonchev–Trinajstić information content (AvgIpc) is 3.10. The normalized spacial score (nSPS) is 17.5. The summed E-state index contributed by atoms with van der Waals surface area (Å²) in [7, 11) is 0. The summed E-state index contributed by atoms with van der Waals surface area (Å²) in [5, 5.41) is 18.5. The number of aromatic hydroxyl groups is 1. The van der Waals surface area contributed by atoms with Gasteiger partial charge in [-0.15, -0.1) is 5.10 Å². The molecular formula is C25H22FN3O2S. The van der Waals surface area contributed by atoms with Crippen LogP contribution in [-0.4, -0.2) is 39.1 Å². The molecule has 0 spiro atoms. The van der Waals surface area contributed by atoms with Gasteiger partial charge in [-0.2, -0.15) is 5.10 Å². The summed E-state index contributed by atoms with van der Waals surface area (Å²) in [4.78, 5) is 14.8. The number of phenols is 1. The largest absolute Gasteiger partial charge is 0.507 e. The van der Waals surface area contributed by atoms with E-state index in [1.54, 1.807) is 41.3 Å². The maximum absolute atomic E-state index is 13.2. The first kappa shape index (κ1) is 21.8. The molecule has 1 aliphatic heterocycles. The molecule has 3 aromatic carbocycles. The molecule has 3 aromatic rings. The molecule has 0 aromatic heterocycles. The second-order valence-corrected chi connectivity index (χ2v) is 8.52. The Morgan fingerprint density at radius 1 is 0.969 bits per heavy atom. The Labute approximate surface area is 190 Å². The van der Waals surface area contributed by atoms with Crippen molar-refractivity contribution in [3.8, 4) is 5.75 Å². The predicted octanol–water partition coefficient (Wildman–Crippen LogP) is 4.65. The average molecular weight is 448 g/mol. The van der Waals surface area contributed by atoms with Gasteiger partial charge in [0, 0.05) is 12.1 Å². The number of thioether (sulfide) groups is 1. The molecule has 0 bridgehead atoms. The number of benzene rings is 3. The minimum Gasteiger partial charge on any atom is -0.507 e. The van der Waals surface area contributed by atoms with Crippen molar-refractivity contribution in [3.63, 3.8) is 0 Å². The third kappa shape index (κ3) is 5.42. The minimum absolute atomic E-state index is 0.0354. The van der Waals surface area contributed by atoms with Crippen LogP contribution in [0.15, 0.2) is 89.1 Å². The Morgan fingerprint density at radius 3 is 2.44 bits per heavy atom. The van der Waals surface area contributed by atoms with Gasteiger partial charge in [0.25, 0.3) is 0 Å². The van der Waals surface area contributed by atoms with E-state index in [0.717, 1.165) is 11.1 Å². The third-order valence-corrected chi connectivity index (χ3v) is 6.26. The van der Waals surface area contributed by atoms with Gasteiger partial charge in [0.15, 0.2) is 5.17 Å². The molecule has 0 aliphatic carbocycles. The summed E-state index contributed by atoms with van der Waals surface area (Å²) < 4.78 is 13.2. The lowest BCUT2D eigenvalue weighted by Gasteiger charge is -2.15. The fourth-order valence-corrected chi connectivity index (χ4v) is 4.54. The number of nitrogens with zero attached hydrogens (tertiary/aromatic N) is 3. The highest BCUT2D eigenvalue weighted by Crippen LogP contribution is 2.30. The lowest BCUT2D eigenvalue weighted by molar-refractivity contribution is -0.126. The molecule has 162 valence electrons. The van der Waals surface area contributed by atoms with Crippen molar-refractivity contribution < 1.29 is 14.3 Å². The first-order valence-electron chi connectivity index (χ1n) is 10.3. The number of amidine groups is 1. The zero-order valence-corrected chi connectivity index (χ0v) is 18.1. The minimum atomic E-state index is -0.352. The number of amides is 1. The van der Waals surface area contributed by atoms with Gasteiger partial charge >= 0.3 is 0 Å². The summed E-state index contributed by atoms with van der Waals surface area (Å²) >= 11 is 1.36. The zero-order valence-electron chi connectivity index (χ0n) is 17.3. The maximum atomic E-state index is 13.2. The molecule has 1 N–H and O–H groups in total. The van der Waals surface area contributed by atoms with Gasteiger partial charge in [-0.25, -0.2) is 4.39 Å². The van der Waals surface area contributed by atoms with Crippen LogP contribution in [0.4, 0.5) is 4.39 Å². The Hall–Kier alpha value is -3.45. The third-order valence-electron chi connectivity index (χ3n) is 5.10. The van der Waals surface area contributed by atoms with Crippen molar-refractivity contribution in [1.29, 1.82) is 0 Å². The molecule has 1 saturated heterocycles. The molecule has 1 amide bonds. The first-order chi connectivity index (χ1) is 15.6. The van der Waals surface area contributed by atoms with Crippen LogP contribution in [-0.2, 0) is 17.6 Å². The van der Waals surface area contributed by atoms with Crippen molar-refractivity contribution in [1.82, 2.24) is 4.90 Å². The monoisotopic (exact) mass is 447 g/mol. The molecule has 4 rings (SSSR count). The van der Waals surface area contributed by atoms with E-state index in [0.29, 0.717) is 30.1 Å². The van der Waals surface area contributed by atoms with Gasteiger partial charge in [0.05, 0.1) is 11.5 Å². The number of carbonyl (C=O) groups is 1. The molecular weight excluding hydrogens is 425 g/mol. The first-order valence-corrected chi connectivity index (χ1v) is 11.1. The van der Waals surface area contributed by atoms with Gasteiger partial charge < -0.3 is 5.11 Å². The van der Waals surface area contributed by atoms with Crippen LogP contribution in [0.25, 0.3) is 0 Å². The van der Waals surface area contributed by atoms with Gasteiger partial charge in [-0.05, 0) is 48.2 Å². The number of carbonyl (C=O) groups excluding carboxylic acids is 1. The number of phenolic OH excluding ortho intramolecular Hbond substituents is 1. The fraction of sp³-hybridized carbons (Fsp3) is 0.160. The van der Waals surface area contributed by atoms with Gasteiger partial charge in [-0.3, -0.25) is 9.69 Å². The lowest BCUT2D eigenvalue weighted by atomic mass is 10.1. The maximum Gasteiger partial charge on any atom is 0.242 e. The highest BCUT2D eigenvalue weighted by atomic mass is 32.2. The van der Waals surface area contributed by atoms with Crippen LogP contribution in [0.3, 0.4) is 0 Å². The molecule has 0 saturated carbocycles. The molecule has 1 atom stereocenters. The summed E-state index contributed by atoms with van der Waals surface area (Å²) in [5.41, 5.74) is 2.56. The van der Waals surface area contributed by atoms with Gasteiger partial charge in [-0.1, -0.05) is 66.4 Å². The number of halogens is 1. The van der Waals surface area contributed by atoms with E-state index in [1.807, 2.05) is 30.3 Å². The van der Waals surface area contributed by atoms with Crippen molar-refractivity contribution in [2.24, 2.45) is 10.2 Å². The lowest BCUT2D eigenvalue weighted by Crippen LogP contribution is -2.34. The van der Waals surface area contributed by atoms with Crippen LogP contribution >= 0.6 is 11.8 Å². The molecule has 32 heavy (non-hydrogen) atoms. The number of para-hydroxylation sites is 1. The Morgan fingerprint density at radius 2 is 1.69 bits per heavy atom. The summed E-state index contributed by atoms with van der Waals surface area (Å²) in [6.07, 6.45) is 2.64. The van der Waals surface area contributed by atoms with Crippen molar-refractivity contribution in [2.45, 2.75) is 18.1 Å². The Balaban J connectivity index is 1.53. The van der Waals surface area contributed by atoms with E-state index in [4.69, 9.17) is 0 Å². The second kappa shape index (κ2) is 10.2. The van der Waals surface area contributed by atoms with Crippen LogP contribution in [0, 0.1) is 5.82 Å². The van der Waals surface area contributed by atoms with E-state index in [9.17, 15) is 14.3 Å². The number of rotatable bonds is 7. The molecule has 0 radical (unpaired) electrons. The van der Waals surface area contributed by atoms with E-state index in [1.165, 1.54) is 30.1 Å². The van der Waals surface area contributed by atoms with Gasteiger partial charge in [0.2, 0.25) is 5.91 Å². The molecule has 5 nitrogen and oxygen atoms in total. The highest BCUT2D eigenvalue weighted by Gasteiger charge is 2.37. The summed E-state index contributed by atoms with van der Waals surface area (Å²) in [6.45, 7) is 0.487. The van der Waals surface area contributed by atoms with Crippen molar-refractivity contribution >= 4 is 29.1 Å². The van der Waals surface area contributed by atoms with E-state index >= 15 is 0 Å². The molecule has 1 heterocycles. The fourth-order valence-electron chi connectivity index (χ4n) is 3.38. The van der Waals surface area contributed by atoms with E-state index in [-0.39, 0.29) is 22.7 Å².